The van der Waals surface area contributed by atoms with E-state index in [4.69, 9.17) is 0 Å². The summed E-state index contributed by atoms with van der Waals surface area (Å²) >= 11 is 0. The number of anilines is 3. The Morgan fingerprint density at radius 1 is 0.391 bits per heavy atom. The second-order valence-corrected chi connectivity index (χ2v) is 13.0. The van der Waals surface area contributed by atoms with Crippen LogP contribution in [0.1, 0.15) is 25.0 Å². The van der Waals surface area contributed by atoms with Gasteiger partial charge in [-0.1, -0.05) is 123 Å². The number of benzene rings is 8. The Hall–Kier alpha value is -5.66. The van der Waals surface area contributed by atoms with Crippen LogP contribution in [-0.4, -0.2) is 0 Å². The fourth-order valence-corrected chi connectivity index (χ4v) is 7.69. The summed E-state index contributed by atoms with van der Waals surface area (Å²) in [5.41, 5.74) is 11.4. The summed E-state index contributed by atoms with van der Waals surface area (Å²) in [5, 5.41) is 7.79. The maximum atomic E-state index is 2.46. The zero-order valence-electron chi connectivity index (χ0n) is 26.0. The average Bonchev–Trinajstić information content (AvgIpc) is 3.33. The van der Waals surface area contributed by atoms with Crippen LogP contribution in [0, 0.1) is 0 Å². The first kappa shape index (κ1) is 26.7. The molecule has 0 radical (unpaired) electrons. The zero-order valence-corrected chi connectivity index (χ0v) is 26.0. The van der Waals surface area contributed by atoms with Crippen LogP contribution in [0.5, 0.6) is 0 Å². The van der Waals surface area contributed by atoms with Crippen molar-refractivity contribution in [3.05, 3.63) is 175 Å². The maximum absolute atomic E-state index is 2.46. The van der Waals surface area contributed by atoms with Crippen molar-refractivity contribution in [3.8, 4) is 22.3 Å². The second kappa shape index (κ2) is 10.2. The molecule has 0 saturated carbocycles. The fourth-order valence-electron chi connectivity index (χ4n) is 7.69. The lowest BCUT2D eigenvalue weighted by molar-refractivity contribution is 0.661. The molecule has 8 aromatic rings. The molecule has 1 heteroatoms. The van der Waals surface area contributed by atoms with Crippen LogP contribution in [0.25, 0.3) is 54.6 Å². The maximum Gasteiger partial charge on any atom is 0.0467 e. The van der Waals surface area contributed by atoms with E-state index < -0.39 is 0 Å². The summed E-state index contributed by atoms with van der Waals surface area (Å²) in [6, 6.07) is 60.0. The predicted molar refractivity (Wildman–Crippen MR) is 197 cm³/mol. The van der Waals surface area contributed by atoms with Gasteiger partial charge in [0.05, 0.1) is 0 Å². The summed E-state index contributed by atoms with van der Waals surface area (Å²) in [4.78, 5) is 2.32. The highest BCUT2D eigenvalue weighted by Gasteiger charge is 2.35. The van der Waals surface area contributed by atoms with Gasteiger partial charge >= 0.3 is 0 Å². The molecule has 9 rings (SSSR count). The Morgan fingerprint density at radius 3 is 1.74 bits per heavy atom. The van der Waals surface area contributed by atoms with E-state index in [9.17, 15) is 0 Å². The molecule has 0 saturated heterocycles. The molecule has 1 aliphatic carbocycles. The minimum absolute atomic E-state index is 0.00608. The molecule has 0 atom stereocenters. The molecule has 0 bridgehead atoms. The predicted octanol–water partition coefficient (Wildman–Crippen LogP) is 12.6. The lowest BCUT2D eigenvalue weighted by Gasteiger charge is -2.26. The molecule has 0 amide bonds. The van der Waals surface area contributed by atoms with Crippen LogP contribution in [0.15, 0.2) is 164 Å². The molecule has 1 nitrogen and oxygen atoms in total. The summed E-state index contributed by atoms with van der Waals surface area (Å²) < 4.78 is 0. The van der Waals surface area contributed by atoms with E-state index in [-0.39, 0.29) is 5.41 Å². The van der Waals surface area contributed by atoms with E-state index >= 15 is 0 Å². The second-order valence-electron chi connectivity index (χ2n) is 13.0. The lowest BCUT2D eigenvalue weighted by atomic mass is 9.81. The molecule has 8 aromatic carbocycles. The quantitative estimate of drug-likeness (QED) is 0.185. The number of hydrogen-bond acceptors (Lipinski definition) is 1. The molecule has 0 fully saturated rings. The number of para-hydroxylation sites is 2. The third-order valence-corrected chi connectivity index (χ3v) is 9.98. The fraction of sp³-hybridized carbons (Fsp3) is 0.0667. The van der Waals surface area contributed by atoms with E-state index in [2.05, 4.69) is 183 Å². The number of rotatable bonds is 4. The van der Waals surface area contributed by atoms with Gasteiger partial charge in [-0.15, -0.1) is 0 Å². The van der Waals surface area contributed by atoms with Gasteiger partial charge in [-0.05, 0) is 120 Å². The minimum Gasteiger partial charge on any atom is -0.310 e. The molecule has 0 spiro atoms. The number of hydrogen-bond donors (Lipinski definition) is 0. The third kappa shape index (κ3) is 4.09. The van der Waals surface area contributed by atoms with Crippen LogP contribution >= 0.6 is 0 Å². The van der Waals surface area contributed by atoms with Gasteiger partial charge in [-0.2, -0.15) is 0 Å². The highest BCUT2D eigenvalue weighted by atomic mass is 15.1. The van der Waals surface area contributed by atoms with Crippen molar-refractivity contribution in [2.45, 2.75) is 19.3 Å². The minimum atomic E-state index is -0.00608. The number of fused-ring (bicyclic) bond motifs is 8. The van der Waals surface area contributed by atoms with Gasteiger partial charge in [0.25, 0.3) is 0 Å². The summed E-state index contributed by atoms with van der Waals surface area (Å²) in [6.07, 6.45) is 0. The molecule has 1 aliphatic rings. The van der Waals surface area contributed by atoms with E-state index in [1.807, 2.05) is 0 Å². The van der Waals surface area contributed by atoms with E-state index in [0.29, 0.717) is 0 Å². The topological polar surface area (TPSA) is 3.24 Å². The van der Waals surface area contributed by atoms with Gasteiger partial charge in [0.2, 0.25) is 0 Å². The van der Waals surface area contributed by atoms with Crippen LogP contribution in [-0.2, 0) is 5.41 Å². The average molecular weight is 588 g/mol. The first-order chi connectivity index (χ1) is 22.6. The van der Waals surface area contributed by atoms with E-state index in [1.54, 1.807) is 0 Å². The lowest BCUT2D eigenvalue weighted by Crippen LogP contribution is -2.14. The molecule has 46 heavy (non-hydrogen) atoms. The third-order valence-electron chi connectivity index (χ3n) is 9.98. The molecule has 0 aromatic heterocycles. The van der Waals surface area contributed by atoms with E-state index in [1.165, 1.54) is 65.7 Å². The van der Waals surface area contributed by atoms with Crippen LogP contribution < -0.4 is 4.90 Å². The Morgan fingerprint density at radius 2 is 1.00 bits per heavy atom. The van der Waals surface area contributed by atoms with Gasteiger partial charge in [-0.25, -0.2) is 0 Å². The van der Waals surface area contributed by atoms with Gasteiger partial charge in [0, 0.05) is 22.5 Å². The van der Waals surface area contributed by atoms with Crippen molar-refractivity contribution in [1.82, 2.24) is 0 Å². The van der Waals surface area contributed by atoms with Crippen LogP contribution in [0.3, 0.4) is 0 Å². The Kier molecular flexibility index (Phi) is 5.92. The van der Waals surface area contributed by atoms with Crippen molar-refractivity contribution < 1.29 is 0 Å². The standard InChI is InChI=1S/C45H33N/c1-45(2)42-19-10-9-18-39(42)41-29-40-34(28-43(41)45)23-21-30-20-22-33-26-32(24-25-38(33)44(30)40)31-12-11-17-37(27-31)46(35-13-5-3-6-14-35)36-15-7-4-8-16-36/h3-29H,1-2H3. The Labute approximate surface area is 270 Å². The van der Waals surface area contributed by atoms with Gasteiger partial charge in [0.1, 0.15) is 0 Å². The highest BCUT2D eigenvalue weighted by molar-refractivity contribution is 6.21. The smallest absolute Gasteiger partial charge is 0.0467 e. The highest BCUT2D eigenvalue weighted by Crippen LogP contribution is 2.50. The van der Waals surface area contributed by atoms with Crippen molar-refractivity contribution in [1.29, 1.82) is 0 Å². The molecule has 0 N–H and O–H groups in total. The summed E-state index contributed by atoms with van der Waals surface area (Å²) in [5.74, 6) is 0. The molecular weight excluding hydrogens is 555 g/mol. The van der Waals surface area contributed by atoms with Gasteiger partial charge in [-0.3, -0.25) is 0 Å². The molecule has 0 heterocycles. The zero-order chi connectivity index (χ0) is 30.8. The molecule has 0 unspecified atom stereocenters. The summed E-state index contributed by atoms with van der Waals surface area (Å²) in [7, 11) is 0. The Bertz CT molecular complexity index is 2400. The first-order valence-electron chi connectivity index (χ1n) is 16.1. The molecule has 218 valence electrons. The largest absolute Gasteiger partial charge is 0.310 e. The first-order valence-corrected chi connectivity index (χ1v) is 16.1. The SMILES string of the molecule is CC1(C)c2ccccc2-c2cc3c(ccc4ccc5cc(-c6cccc(N(c7ccccc7)c7ccccc7)c6)ccc5c43)cc21. The Balaban J connectivity index is 1.19. The normalized spacial score (nSPS) is 13.2. The summed E-state index contributed by atoms with van der Waals surface area (Å²) in [6.45, 7) is 4.71. The molecule has 0 aliphatic heterocycles. The van der Waals surface area contributed by atoms with Gasteiger partial charge in [0.15, 0.2) is 0 Å². The molecular formula is C45H33N. The van der Waals surface area contributed by atoms with Crippen molar-refractivity contribution in [3.63, 3.8) is 0 Å². The van der Waals surface area contributed by atoms with Gasteiger partial charge < -0.3 is 4.90 Å². The van der Waals surface area contributed by atoms with Crippen molar-refractivity contribution in [2.24, 2.45) is 0 Å². The number of nitrogens with zero attached hydrogens (tertiary/aromatic N) is 1. The van der Waals surface area contributed by atoms with Crippen LogP contribution in [0.2, 0.25) is 0 Å². The van der Waals surface area contributed by atoms with Crippen molar-refractivity contribution >= 4 is 49.4 Å². The van der Waals surface area contributed by atoms with E-state index in [0.717, 1.165) is 17.1 Å². The monoisotopic (exact) mass is 587 g/mol. The van der Waals surface area contributed by atoms with Crippen LogP contribution in [0.4, 0.5) is 17.1 Å². The van der Waals surface area contributed by atoms with Crippen molar-refractivity contribution in [2.75, 3.05) is 4.90 Å².